The topological polar surface area (TPSA) is 107 Å². The molecule has 0 aliphatic carbocycles. The fraction of sp³-hybridized carbons (Fsp3) is 0.333. The normalized spacial score (nSPS) is 11.2. The van der Waals surface area contributed by atoms with Gasteiger partial charge in [0.05, 0.1) is 0 Å². The number of carbonyl (C=O) groups is 3. The van der Waals surface area contributed by atoms with Crippen molar-refractivity contribution < 1.29 is 14.4 Å². The van der Waals surface area contributed by atoms with E-state index in [2.05, 4.69) is 31.2 Å². The van der Waals surface area contributed by atoms with Gasteiger partial charge in [-0.15, -0.1) is 0 Å². The summed E-state index contributed by atoms with van der Waals surface area (Å²) in [6.45, 7) is 6.54. The van der Waals surface area contributed by atoms with Crippen LogP contribution in [0, 0.1) is 0 Å². The van der Waals surface area contributed by atoms with Crippen LogP contribution in [0.15, 0.2) is 36.5 Å². The molecule has 0 spiro atoms. The van der Waals surface area contributed by atoms with Gasteiger partial charge < -0.3 is 11.1 Å². The van der Waals surface area contributed by atoms with Crippen LogP contribution in [-0.2, 0) is 21.5 Å². The number of hydrogen-bond donors (Lipinski definition) is 2. The van der Waals surface area contributed by atoms with Gasteiger partial charge in [0, 0.05) is 30.8 Å². The monoisotopic (exact) mass is 342 g/mol. The van der Waals surface area contributed by atoms with Crippen molar-refractivity contribution in [3.63, 3.8) is 0 Å². The summed E-state index contributed by atoms with van der Waals surface area (Å²) in [6.07, 6.45) is 1.75. The first-order valence-corrected chi connectivity index (χ1v) is 7.95. The summed E-state index contributed by atoms with van der Waals surface area (Å²) in [5.41, 5.74) is 6.45. The van der Waals surface area contributed by atoms with E-state index in [4.69, 9.17) is 5.73 Å². The number of anilines is 1. The molecule has 7 heteroatoms. The van der Waals surface area contributed by atoms with Crippen molar-refractivity contribution in [1.29, 1.82) is 0 Å². The van der Waals surface area contributed by atoms with E-state index in [1.165, 1.54) is 4.68 Å². The van der Waals surface area contributed by atoms with Gasteiger partial charge >= 0.3 is 0 Å². The Labute approximate surface area is 146 Å². The molecule has 0 aliphatic heterocycles. The number of amides is 2. The molecule has 0 saturated carbocycles. The molecule has 7 nitrogen and oxygen atoms in total. The Bertz CT molecular complexity index is 785. The van der Waals surface area contributed by atoms with Crippen LogP contribution in [0.4, 0.5) is 5.82 Å². The first kappa shape index (κ1) is 18.4. The van der Waals surface area contributed by atoms with Crippen LogP contribution in [0.25, 0.3) is 0 Å². The van der Waals surface area contributed by atoms with Crippen LogP contribution < -0.4 is 11.1 Å². The molecule has 2 aromatic rings. The second-order valence-electron chi connectivity index (χ2n) is 6.79. The minimum Gasteiger partial charge on any atom is -0.370 e. The highest BCUT2D eigenvalue weighted by atomic mass is 16.2. The summed E-state index contributed by atoms with van der Waals surface area (Å²) in [5.74, 6) is -1.58. The van der Waals surface area contributed by atoms with E-state index < -0.39 is 17.6 Å². The number of nitrogens with zero attached hydrogens (tertiary/aromatic N) is 2. The number of nitrogens with two attached hydrogens (primary N) is 1. The second-order valence-corrected chi connectivity index (χ2v) is 6.79. The molecule has 0 aliphatic rings. The largest absolute Gasteiger partial charge is 0.370 e. The molecule has 0 saturated heterocycles. The first-order chi connectivity index (χ1) is 11.7. The maximum Gasteiger partial charge on any atom is 0.297 e. The maximum absolute atomic E-state index is 12.2. The second kappa shape index (κ2) is 7.29. The van der Waals surface area contributed by atoms with Gasteiger partial charge in [0.15, 0.2) is 5.82 Å². The molecule has 3 N–H and O–H groups in total. The molecule has 2 amide bonds. The summed E-state index contributed by atoms with van der Waals surface area (Å²) < 4.78 is 1.48. The number of primary amides is 1. The summed E-state index contributed by atoms with van der Waals surface area (Å²) in [7, 11) is 0. The summed E-state index contributed by atoms with van der Waals surface area (Å²) in [5, 5.41) is 6.53. The number of aromatic nitrogens is 2. The van der Waals surface area contributed by atoms with Gasteiger partial charge in [0.25, 0.3) is 11.7 Å². The van der Waals surface area contributed by atoms with E-state index in [-0.39, 0.29) is 17.7 Å². The zero-order valence-corrected chi connectivity index (χ0v) is 14.6. The van der Waals surface area contributed by atoms with Crippen LogP contribution in [0.5, 0.6) is 0 Å². The molecular weight excluding hydrogens is 320 g/mol. The third-order valence-corrected chi connectivity index (χ3v) is 3.69. The molecule has 0 unspecified atom stereocenters. The van der Waals surface area contributed by atoms with Crippen molar-refractivity contribution in [2.24, 2.45) is 5.73 Å². The Balaban J connectivity index is 2.00. The lowest BCUT2D eigenvalue weighted by Gasteiger charge is -2.18. The van der Waals surface area contributed by atoms with Gasteiger partial charge in [0.2, 0.25) is 5.91 Å². The number of nitrogens with one attached hydrogen (secondary N) is 1. The van der Waals surface area contributed by atoms with Gasteiger partial charge in [-0.3, -0.25) is 19.1 Å². The van der Waals surface area contributed by atoms with Gasteiger partial charge in [-0.1, -0.05) is 45.0 Å². The first-order valence-electron chi connectivity index (χ1n) is 7.95. The fourth-order valence-corrected chi connectivity index (χ4v) is 2.20. The smallest absolute Gasteiger partial charge is 0.297 e. The summed E-state index contributed by atoms with van der Waals surface area (Å²) >= 11 is 0. The zero-order valence-electron chi connectivity index (χ0n) is 14.6. The Kier molecular flexibility index (Phi) is 5.36. The standard InChI is InChI=1S/C18H22N4O3/c1-18(2,3)13-6-4-12(5-7-13)16(24)17(25)20-15-9-11-22(21-15)10-8-14(19)23/h4-7,9,11H,8,10H2,1-3H3,(H2,19,23)(H,20,21,25). The Morgan fingerprint density at radius 2 is 1.76 bits per heavy atom. The highest BCUT2D eigenvalue weighted by Gasteiger charge is 2.19. The number of rotatable bonds is 6. The van der Waals surface area contributed by atoms with Gasteiger partial charge in [-0.05, 0) is 11.0 Å². The number of carbonyl (C=O) groups excluding carboxylic acids is 3. The van der Waals surface area contributed by atoms with Crippen molar-refractivity contribution >= 4 is 23.4 Å². The van der Waals surface area contributed by atoms with Gasteiger partial charge in [-0.2, -0.15) is 5.10 Å². The molecule has 1 aromatic heterocycles. The quantitative estimate of drug-likeness (QED) is 0.617. The molecular formula is C18H22N4O3. The number of Topliss-reactive ketones (excluding diaryl/α,β-unsaturated/α-hetero) is 1. The van der Waals surface area contributed by atoms with Crippen LogP contribution in [0.1, 0.15) is 43.1 Å². The molecule has 1 aromatic carbocycles. The van der Waals surface area contributed by atoms with Gasteiger partial charge in [-0.25, -0.2) is 0 Å². The van der Waals surface area contributed by atoms with Crippen molar-refractivity contribution in [1.82, 2.24) is 9.78 Å². The van der Waals surface area contributed by atoms with E-state index in [0.717, 1.165) is 5.56 Å². The molecule has 1 heterocycles. The van der Waals surface area contributed by atoms with Crippen molar-refractivity contribution in [2.45, 2.75) is 39.2 Å². The Morgan fingerprint density at radius 1 is 1.12 bits per heavy atom. The van der Waals surface area contributed by atoms with E-state index in [1.807, 2.05) is 12.1 Å². The molecule has 2 rings (SSSR count). The van der Waals surface area contributed by atoms with E-state index in [9.17, 15) is 14.4 Å². The summed E-state index contributed by atoms with van der Waals surface area (Å²) in [4.78, 5) is 35.1. The van der Waals surface area contributed by atoms with E-state index >= 15 is 0 Å². The van der Waals surface area contributed by atoms with Crippen molar-refractivity contribution in [3.05, 3.63) is 47.7 Å². The molecule has 25 heavy (non-hydrogen) atoms. The Morgan fingerprint density at radius 3 is 2.32 bits per heavy atom. The van der Waals surface area contributed by atoms with Crippen LogP contribution in [0.3, 0.4) is 0 Å². The van der Waals surface area contributed by atoms with E-state index in [0.29, 0.717) is 12.1 Å². The number of benzene rings is 1. The molecule has 0 bridgehead atoms. The predicted molar refractivity (Wildman–Crippen MR) is 94.1 cm³/mol. The highest BCUT2D eigenvalue weighted by Crippen LogP contribution is 2.22. The number of ketones is 1. The van der Waals surface area contributed by atoms with Crippen LogP contribution in [-0.4, -0.2) is 27.4 Å². The molecule has 0 fully saturated rings. The maximum atomic E-state index is 12.2. The number of hydrogen-bond acceptors (Lipinski definition) is 4. The third-order valence-electron chi connectivity index (χ3n) is 3.69. The average Bonchev–Trinajstić information content (AvgIpc) is 2.99. The minimum atomic E-state index is -0.761. The molecule has 132 valence electrons. The predicted octanol–water partition coefficient (Wildman–Crippen LogP) is 1.88. The lowest BCUT2D eigenvalue weighted by atomic mass is 9.86. The highest BCUT2D eigenvalue weighted by molar-refractivity contribution is 6.46. The average molecular weight is 342 g/mol. The SMILES string of the molecule is CC(C)(C)c1ccc(C(=O)C(=O)Nc2ccn(CCC(N)=O)n2)cc1. The molecule has 0 atom stereocenters. The lowest BCUT2D eigenvalue weighted by molar-refractivity contribution is -0.118. The summed E-state index contributed by atoms with van der Waals surface area (Å²) in [6, 6.07) is 8.54. The van der Waals surface area contributed by atoms with Gasteiger partial charge in [0.1, 0.15) is 0 Å². The fourth-order valence-electron chi connectivity index (χ4n) is 2.20. The van der Waals surface area contributed by atoms with Crippen LogP contribution in [0.2, 0.25) is 0 Å². The zero-order chi connectivity index (χ0) is 18.6. The van der Waals surface area contributed by atoms with Crippen molar-refractivity contribution in [3.8, 4) is 0 Å². The van der Waals surface area contributed by atoms with Crippen molar-refractivity contribution in [2.75, 3.05) is 5.32 Å². The number of aryl methyl sites for hydroxylation is 1. The lowest BCUT2D eigenvalue weighted by Crippen LogP contribution is -2.23. The minimum absolute atomic E-state index is 0.0262. The molecule has 0 radical (unpaired) electrons. The Hall–Kier alpha value is -2.96. The van der Waals surface area contributed by atoms with E-state index in [1.54, 1.807) is 24.4 Å². The third kappa shape index (κ3) is 5.00. The van der Waals surface area contributed by atoms with Crippen LogP contribution >= 0.6 is 0 Å².